The summed E-state index contributed by atoms with van der Waals surface area (Å²) in [6.45, 7) is 3.22. The van der Waals surface area contributed by atoms with E-state index in [1.165, 1.54) is 4.88 Å². The molecule has 90 valence electrons. The number of thiophene rings is 1. The van der Waals surface area contributed by atoms with E-state index in [1.54, 1.807) is 11.3 Å². The molecule has 1 heterocycles. The van der Waals surface area contributed by atoms with E-state index in [-0.39, 0.29) is 6.10 Å². The molecule has 16 heavy (non-hydrogen) atoms. The van der Waals surface area contributed by atoms with Crippen molar-refractivity contribution in [1.82, 2.24) is 5.32 Å². The number of rotatable bonds is 4. The molecule has 3 unspecified atom stereocenters. The minimum atomic E-state index is -0.0574. The molecule has 0 aliphatic heterocycles. The second kappa shape index (κ2) is 5.63. The molecule has 1 aromatic heterocycles. The molecule has 0 spiro atoms. The van der Waals surface area contributed by atoms with Crippen LogP contribution in [0.4, 0.5) is 0 Å². The lowest BCUT2D eigenvalue weighted by molar-refractivity contribution is 0.177. The number of halogens is 1. The number of nitrogens with one attached hydrogen (secondary N) is 1. The highest BCUT2D eigenvalue weighted by molar-refractivity contribution is 9.10. The van der Waals surface area contributed by atoms with E-state index in [4.69, 9.17) is 0 Å². The summed E-state index contributed by atoms with van der Waals surface area (Å²) in [4.78, 5) is 1.37. The van der Waals surface area contributed by atoms with Gasteiger partial charge in [-0.1, -0.05) is 0 Å². The van der Waals surface area contributed by atoms with E-state index in [0.29, 0.717) is 12.0 Å². The molecule has 0 saturated heterocycles. The fraction of sp³-hybridized carbons (Fsp3) is 0.667. The van der Waals surface area contributed by atoms with Crippen LogP contribution in [0.3, 0.4) is 0 Å². The summed E-state index contributed by atoms with van der Waals surface area (Å²) < 4.78 is 1.16. The van der Waals surface area contributed by atoms with Crippen LogP contribution in [0.25, 0.3) is 0 Å². The third-order valence-corrected chi connectivity index (χ3v) is 5.12. The van der Waals surface area contributed by atoms with Crippen LogP contribution in [0.15, 0.2) is 15.9 Å². The van der Waals surface area contributed by atoms with E-state index in [2.05, 4.69) is 39.6 Å². The highest BCUT2D eigenvalue weighted by Gasteiger charge is 2.22. The van der Waals surface area contributed by atoms with Crippen molar-refractivity contribution in [3.63, 3.8) is 0 Å². The molecule has 0 amide bonds. The summed E-state index contributed by atoms with van der Waals surface area (Å²) in [5.74, 6) is 0.654. The van der Waals surface area contributed by atoms with Crippen molar-refractivity contribution in [2.75, 3.05) is 6.54 Å². The minimum Gasteiger partial charge on any atom is -0.393 e. The number of aliphatic hydroxyl groups is 1. The molecule has 2 N–H and O–H groups in total. The Morgan fingerprint density at radius 2 is 2.44 bits per heavy atom. The Labute approximate surface area is 109 Å². The van der Waals surface area contributed by atoms with Gasteiger partial charge in [0.05, 0.1) is 6.10 Å². The monoisotopic (exact) mass is 303 g/mol. The second-order valence-corrected chi connectivity index (χ2v) is 6.49. The van der Waals surface area contributed by atoms with Crippen LogP contribution in [0, 0.1) is 5.92 Å². The molecule has 1 saturated carbocycles. The van der Waals surface area contributed by atoms with Gasteiger partial charge in [-0.25, -0.2) is 0 Å². The summed E-state index contributed by atoms with van der Waals surface area (Å²) in [7, 11) is 0. The first-order valence-corrected chi connectivity index (χ1v) is 7.48. The Morgan fingerprint density at radius 1 is 1.62 bits per heavy atom. The molecule has 3 atom stereocenters. The Hall–Kier alpha value is 0.1000. The van der Waals surface area contributed by atoms with Gasteiger partial charge in [-0.05, 0) is 60.6 Å². The van der Waals surface area contributed by atoms with Gasteiger partial charge in [0.15, 0.2) is 0 Å². The van der Waals surface area contributed by atoms with Crippen LogP contribution in [0.2, 0.25) is 0 Å². The minimum absolute atomic E-state index is 0.0574. The van der Waals surface area contributed by atoms with E-state index in [0.717, 1.165) is 30.3 Å². The largest absolute Gasteiger partial charge is 0.393 e. The number of hydrogen-bond acceptors (Lipinski definition) is 3. The molecule has 0 radical (unpaired) electrons. The molecule has 1 aromatic rings. The third kappa shape index (κ3) is 3.29. The second-order valence-electron chi connectivity index (χ2n) is 4.63. The molecule has 2 nitrogen and oxygen atoms in total. The molecule has 0 bridgehead atoms. The van der Waals surface area contributed by atoms with Gasteiger partial charge in [-0.15, -0.1) is 11.3 Å². The predicted octanol–water partition coefficient (Wildman–Crippen LogP) is 3.32. The Balaban J connectivity index is 1.77. The molecule has 0 aromatic carbocycles. The predicted molar refractivity (Wildman–Crippen MR) is 71.8 cm³/mol. The van der Waals surface area contributed by atoms with E-state index in [1.807, 2.05) is 0 Å². The summed E-state index contributed by atoms with van der Waals surface area (Å²) >= 11 is 5.26. The normalized spacial score (nSPS) is 27.2. The highest BCUT2D eigenvalue weighted by Crippen LogP contribution is 2.28. The van der Waals surface area contributed by atoms with Crippen molar-refractivity contribution >= 4 is 27.3 Å². The zero-order chi connectivity index (χ0) is 11.5. The van der Waals surface area contributed by atoms with Gasteiger partial charge in [0.2, 0.25) is 0 Å². The fourth-order valence-electron chi connectivity index (χ4n) is 2.23. The smallest absolute Gasteiger partial charge is 0.0543 e. The fourth-order valence-corrected chi connectivity index (χ4v) is 3.71. The van der Waals surface area contributed by atoms with E-state index < -0.39 is 0 Å². The van der Waals surface area contributed by atoms with Crippen molar-refractivity contribution in [2.45, 2.75) is 38.3 Å². The Morgan fingerprint density at radius 3 is 3.00 bits per heavy atom. The van der Waals surface area contributed by atoms with Gasteiger partial charge in [0.25, 0.3) is 0 Å². The summed E-state index contributed by atoms with van der Waals surface area (Å²) in [5, 5.41) is 15.1. The van der Waals surface area contributed by atoms with Crippen molar-refractivity contribution < 1.29 is 5.11 Å². The van der Waals surface area contributed by atoms with Crippen molar-refractivity contribution in [1.29, 1.82) is 0 Å². The van der Waals surface area contributed by atoms with Crippen molar-refractivity contribution in [2.24, 2.45) is 5.92 Å². The van der Waals surface area contributed by atoms with Gasteiger partial charge in [-0.2, -0.15) is 0 Å². The molecule has 1 aliphatic carbocycles. The Kier molecular flexibility index (Phi) is 4.41. The maximum Gasteiger partial charge on any atom is 0.0543 e. The van der Waals surface area contributed by atoms with Crippen LogP contribution < -0.4 is 5.32 Å². The Bertz CT molecular complexity index is 342. The highest BCUT2D eigenvalue weighted by atomic mass is 79.9. The van der Waals surface area contributed by atoms with Crippen molar-refractivity contribution in [3.05, 3.63) is 20.8 Å². The topological polar surface area (TPSA) is 32.3 Å². The zero-order valence-electron chi connectivity index (χ0n) is 9.45. The maximum absolute atomic E-state index is 9.45. The number of hydrogen-bond donors (Lipinski definition) is 2. The lowest BCUT2D eigenvalue weighted by Gasteiger charge is -2.15. The van der Waals surface area contributed by atoms with Crippen LogP contribution in [0.1, 0.15) is 37.1 Å². The first-order valence-electron chi connectivity index (χ1n) is 5.80. The summed E-state index contributed by atoms with van der Waals surface area (Å²) in [5.41, 5.74) is 0. The van der Waals surface area contributed by atoms with Crippen LogP contribution in [0.5, 0.6) is 0 Å². The summed E-state index contributed by atoms with van der Waals surface area (Å²) in [6, 6.07) is 2.58. The van der Waals surface area contributed by atoms with E-state index >= 15 is 0 Å². The molecule has 4 heteroatoms. The first-order chi connectivity index (χ1) is 7.65. The maximum atomic E-state index is 9.45. The van der Waals surface area contributed by atoms with Gasteiger partial charge in [0, 0.05) is 20.8 Å². The standard InChI is InChI=1S/C12H18BrNOS/c1-8(12-5-10(13)7-16-12)14-6-9-2-3-11(15)4-9/h5,7-9,11,14-15H,2-4,6H2,1H3. The molecule has 1 aliphatic rings. The first kappa shape index (κ1) is 12.6. The molecule has 1 fully saturated rings. The SMILES string of the molecule is CC(NCC1CCC(O)C1)c1cc(Br)cs1. The van der Waals surface area contributed by atoms with Gasteiger partial charge in [-0.3, -0.25) is 0 Å². The van der Waals surface area contributed by atoms with Crippen molar-refractivity contribution in [3.8, 4) is 0 Å². The van der Waals surface area contributed by atoms with E-state index in [9.17, 15) is 5.11 Å². The zero-order valence-corrected chi connectivity index (χ0v) is 11.9. The average molecular weight is 304 g/mol. The van der Waals surface area contributed by atoms with Gasteiger partial charge >= 0.3 is 0 Å². The summed E-state index contributed by atoms with van der Waals surface area (Å²) in [6.07, 6.45) is 3.05. The molecular weight excluding hydrogens is 286 g/mol. The van der Waals surface area contributed by atoms with Gasteiger partial charge < -0.3 is 10.4 Å². The van der Waals surface area contributed by atoms with Crippen LogP contribution in [-0.2, 0) is 0 Å². The lowest BCUT2D eigenvalue weighted by atomic mass is 10.1. The molecule has 2 rings (SSSR count). The van der Waals surface area contributed by atoms with Gasteiger partial charge in [0.1, 0.15) is 0 Å². The number of aliphatic hydroxyl groups excluding tert-OH is 1. The van der Waals surface area contributed by atoms with Crippen LogP contribution >= 0.6 is 27.3 Å². The quantitative estimate of drug-likeness (QED) is 0.894. The average Bonchev–Trinajstić information content (AvgIpc) is 2.84. The van der Waals surface area contributed by atoms with Crippen LogP contribution in [-0.4, -0.2) is 17.8 Å². The molecular formula is C12H18BrNOS. The third-order valence-electron chi connectivity index (χ3n) is 3.24. The lowest BCUT2D eigenvalue weighted by Crippen LogP contribution is -2.24.